The number of fused-ring (bicyclic) bond motifs is 1. The highest BCUT2D eigenvalue weighted by Crippen LogP contribution is 2.31. The third-order valence-corrected chi connectivity index (χ3v) is 3.95. The number of morpholine rings is 1. The molecule has 1 aromatic rings. The molecule has 22 heavy (non-hydrogen) atoms. The molecule has 0 bridgehead atoms. The van der Waals surface area contributed by atoms with Crippen molar-refractivity contribution in [3.8, 4) is 11.5 Å². The predicted molar refractivity (Wildman–Crippen MR) is 79.2 cm³/mol. The minimum Gasteiger partial charge on any atom is -0.485 e. The van der Waals surface area contributed by atoms with Gasteiger partial charge in [0.1, 0.15) is 6.61 Å². The molecule has 1 amide bonds. The number of para-hydroxylation sites is 2. The maximum Gasteiger partial charge on any atom is 0.267 e. The van der Waals surface area contributed by atoms with Gasteiger partial charge in [-0.1, -0.05) is 12.1 Å². The van der Waals surface area contributed by atoms with E-state index < -0.39 is 6.10 Å². The highest BCUT2D eigenvalue weighted by atomic mass is 16.6. The van der Waals surface area contributed by atoms with Gasteiger partial charge in [0.25, 0.3) is 5.91 Å². The van der Waals surface area contributed by atoms with Crippen LogP contribution in [-0.4, -0.2) is 63.0 Å². The molecule has 2 heterocycles. The van der Waals surface area contributed by atoms with Gasteiger partial charge in [0.05, 0.1) is 19.3 Å². The monoisotopic (exact) mass is 307 g/mol. The first-order chi connectivity index (χ1) is 10.8. The van der Waals surface area contributed by atoms with E-state index in [-0.39, 0.29) is 18.6 Å². The fourth-order valence-corrected chi connectivity index (χ4v) is 2.76. The Morgan fingerprint density at radius 3 is 2.95 bits per heavy atom. The lowest BCUT2D eigenvalue weighted by atomic mass is 10.1. The van der Waals surface area contributed by atoms with Gasteiger partial charge in [-0.25, -0.2) is 0 Å². The summed E-state index contributed by atoms with van der Waals surface area (Å²) in [5, 5.41) is 0. The van der Waals surface area contributed by atoms with E-state index in [1.807, 2.05) is 29.2 Å². The number of carbonyl (C=O) groups is 1. The lowest BCUT2D eigenvalue weighted by Crippen LogP contribution is -2.55. The second kappa shape index (κ2) is 6.98. The normalized spacial score (nSPS) is 24.1. The van der Waals surface area contributed by atoms with Gasteiger partial charge in [-0.15, -0.1) is 0 Å². The predicted octanol–water partition coefficient (Wildman–Crippen LogP) is 1.09. The molecule has 2 unspecified atom stereocenters. The van der Waals surface area contributed by atoms with Crippen LogP contribution in [0.1, 0.15) is 6.42 Å². The van der Waals surface area contributed by atoms with Crippen LogP contribution in [0, 0.1) is 0 Å². The number of amides is 1. The molecule has 2 aliphatic heterocycles. The number of methoxy groups -OCH3 is 1. The molecule has 120 valence electrons. The zero-order valence-corrected chi connectivity index (χ0v) is 12.7. The lowest BCUT2D eigenvalue weighted by molar-refractivity contribution is -0.150. The standard InChI is InChI=1S/C16H21NO5/c1-19-8-6-12-10-20-9-7-17(12)16(18)15-11-21-13-4-2-3-5-14(13)22-15/h2-5,12,15H,6-11H2,1H3. The molecule has 3 rings (SSSR count). The molecule has 0 spiro atoms. The van der Waals surface area contributed by atoms with Crippen LogP contribution in [0.15, 0.2) is 24.3 Å². The van der Waals surface area contributed by atoms with Gasteiger partial charge in [0, 0.05) is 20.3 Å². The number of ether oxygens (including phenoxy) is 4. The molecule has 0 radical (unpaired) electrons. The van der Waals surface area contributed by atoms with Gasteiger partial charge < -0.3 is 23.8 Å². The Bertz CT molecular complexity index is 521. The van der Waals surface area contributed by atoms with Gasteiger partial charge in [-0.2, -0.15) is 0 Å². The quantitative estimate of drug-likeness (QED) is 0.833. The number of hydrogen-bond acceptors (Lipinski definition) is 5. The third kappa shape index (κ3) is 3.18. The second-order valence-corrected chi connectivity index (χ2v) is 5.41. The summed E-state index contributed by atoms with van der Waals surface area (Å²) < 4.78 is 22.0. The first-order valence-electron chi connectivity index (χ1n) is 7.55. The fraction of sp³-hybridized carbons (Fsp3) is 0.562. The minimum atomic E-state index is -0.599. The molecule has 2 aliphatic rings. The molecular weight excluding hydrogens is 286 g/mol. The summed E-state index contributed by atoms with van der Waals surface area (Å²) in [4.78, 5) is 14.6. The summed E-state index contributed by atoms with van der Waals surface area (Å²) in [7, 11) is 1.66. The molecule has 1 aromatic carbocycles. The first kappa shape index (κ1) is 15.1. The maximum atomic E-state index is 12.8. The fourth-order valence-electron chi connectivity index (χ4n) is 2.76. The van der Waals surface area contributed by atoms with Crippen molar-refractivity contribution < 1.29 is 23.7 Å². The summed E-state index contributed by atoms with van der Waals surface area (Å²) >= 11 is 0. The Balaban J connectivity index is 1.67. The Labute approximate surface area is 129 Å². The van der Waals surface area contributed by atoms with Gasteiger partial charge >= 0.3 is 0 Å². The Hall–Kier alpha value is -1.79. The Morgan fingerprint density at radius 1 is 1.32 bits per heavy atom. The van der Waals surface area contributed by atoms with Crippen LogP contribution in [0.25, 0.3) is 0 Å². The summed E-state index contributed by atoms with van der Waals surface area (Å²) in [6.45, 7) is 2.51. The molecule has 0 saturated carbocycles. The molecule has 0 aliphatic carbocycles. The van der Waals surface area contributed by atoms with Crippen molar-refractivity contribution in [1.82, 2.24) is 4.90 Å². The van der Waals surface area contributed by atoms with E-state index in [0.717, 1.165) is 6.42 Å². The molecule has 0 N–H and O–H groups in total. The van der Waals surface area contributed by atoms with E-state index in [1.54, 1.807) is 7.11 Å². The van der Waals surface area contributed by atoms with Crippen molar-refractivity contribution in [3.63, 3.8) is 0 Å². The van der Waals surface area contributed by atoms with Gasteiger partial charge in [0.2, 0.25) is 6.10 Å². The number of benzene rings is 1. The zero-order chi connectivity index (χ0) is 15.4. The summed E-state index contributed by atoms with van der Waals surface area (Å²) in [5.74, 6) is 1.26. The first-order valence-corrected chi connectivity index (χ1v) is 7.55. The SMILES string of the molecule is COCCC1COCCN1C(=O)C1COc2ccccc2O1. The van der Waals surface area contributed by atoms with Gasteiger partial charge in [-0.05, 0) is 18.6 Å². The molecular formula is C16H21NO5. The van der Waals surface area contributed by atoms with E-state index >= 15 is 0 Å². The summed E-state index contributed by atoms with van der Waals surface area (Å²) in [6.07, 6.45) is 0.157. The van der Waals surface area contributed by atoms with Crippen molar-refractivity contribution in [1.29, 1.82) is 0 Å². The molecule has 2 atom stereocenters. The lowest BCUT2D eigenvalue weighted by Gasteiger charge is -2.38. The number of nitrogens with zero attached hydrogens (tertiary/aromatic N) is 1. The molecule has 0 aromatic heterocycles. The van der Waals surface area contributed by atoms with E-state index in [0.29, 0.717) is 37.9 Å². The van der Waals surface area contributed by atoms with E-state index in [9.17, 15) is 4.79 Å². The van der Waals surface area contributed by atoms with E-state index in [4.69, 9.17) is 18.9 Å². The minimum absolute atomic E-state index is 0.0296. The van der Waals surface area contributed by atoms with Gasteiger partial charge in [-0.3, -0.25) is 4.79 Å². The maximum absolute atomic E-state index is 12.8. The molecule has 1 saturated heterocycles. The van der Waals surface area contributed by atoms with Crippen LogP contribution in [0.3, 0.4) is 0 Å². The van der Waals surface area contributed by atoms with E-state index in [2.05, 4.69) is 0 Å². The van der Waals surface area contributed by atoms with Crippen LogP contribution in [0.4, 0.5) is 0 Å². The Morgan fingerprint density at radius 2 is 2.14 bits per heavy atom. The number of rotatable bonds is 4. The largest absolute Gasteiger partial charge is 0.485 e. The Kier molecular flexibility index (Phi) is 4.80. The number of carbonyl (C=O) groups excluding carboxylic acids is 1. The highest BCUT2D eigenvalue weighted by molar-refractivity contribution is 5.82. The van der Waals surface area contributed by atoms with Crippen molar-refractivity contribution in [2.75, 3.05) is 40.1 Å². The van der Waals surface area contributed by atoms with Crippen molar-refractivity contribution >= 4 is 5.91 Å². The van der Waals surface area contributed by atoms with Crippen LogP contribution >= 0.6 is 0 Å². The second-order valence-electron chi connectivity index (χ2n) is 5.41. The van der Waals surface area contributed by atoms with Crippen molar-refractivity contribution in [2.24, 2.45) is 0 Å². The number of hydrogen-bond donors (Lipinski definition) is 0. The van der Waals surface area contributed by atoms with Crippen molar-refractivity contribution in [3.05, 3.63) is 24.3 Å². The van der Waals surface area contributed by atoms with Crippen LogP contribution in [-0.2, 0) is 14.3 Å². The van der Waals surface area contributed by atoms with Crippen LogP contribution in [0.2, 0.25) is 0 Å². The average Bonchev–Trinajstić information content (AvgIpc) is 2.59. The van der Waals surface area contributed by atoms with E-state index in [1.165, 1.54) is 0 Å². The van der Waals surface area contributed by atoms with Crippen molar-refractivity contribution in [2.45, 2.75) is 18.6 Å². The smallest absolute Gasteiger partial charge is 0.267 e. The molecule has 6 heteroatoms. The van der Waals surface area contributed by atoms with Crippen LogP contribution < -0.4 is 9.47 Å². The third-order valence-electron chi connectivity index (χ3n) is 3.95. The zero-order valence-electron chi connectivity index (χ0n) is 12.7. The molecule has 6 nitrogen and oxygen atoms in total. The topological polar surface area (TPSA) is 57.2 Å². The molecule has 1 fully saturated rings. The average molecular weight is 307 g/mol. The highest BCUT2D eigenvalue weighted by Gasteiger charge is 2.35. The van der Waals surface area contributed by atoms with Crippen LogP contribution in [0.5, 0.6) is 11.5 Å². The summed E-state index contributed by atoms with van der Waals surface area (Å²) in [5.41, 5.74) is 0. The summed E-state index contributed by atoms with van der Waals surface area (Å²) in [6, 6.07) is 7.43. The van der Waals surface area contributed by atoms with Gasteiger partial charge in [0.15, 0.2) is 11.5 Å².